The van der Waals surface area contributed by atoms with Crippen LogP contribution in [0.1, 0.15) is 36.2 Å². The third-order valence-corrected chi connectivity index (χ3v) is 3.57. The molecule has 1 fully saturated rings. The van der Waals surface area contributed by atoms with Crippen molar-refractivity contribution in [1.82, 2.24) is 10.3 Å². The van der Waals surface area contributed by atoms with E-state index in [1.807, 2.05) is 0 Å². The van der Waals surface area contributed by atoms with E-state index in [0.717, 1.165) is 12.8 Å². The van der Waals surface area contributed by atoms with Crippen LogP contribution in [0.3, 0.4) is 0 Å². The number of pyridine rings is 1. The molecule has 1 aromatic heterocycles. The maximum absolute atomic E-state index is 13.1. The van der Waals surface area contributed by atoms with E-state index in [4.69, 9.17) is 0 Å². The zero-order valence-electron chi connectivity index (χ0n) is 10.5. The van der Waals surface area contributed by atoms with Gasteiger partial charge in [-0.25, -0.2) is 9.37 Å². The topological polar surface area (TPSA) is 42.0 Å². The normalized spacial score (nSPS) is 15.8. The number of benzene rings is 1. The number of amides is 1. The van der Waals surface area contributed by atoms with Gasteiger partial charge in [0.05, 0.1) is 5.52 Å². The van der Waals surface area contributed by atoms with Crippen LogP contribution >= 0.6 is 0 Å². The first-order valence-electron chi connectivity index (χ1n) is 6.59. The molecule has 1 N–H and O–H groups in total. The van der Waals surface area contributed by atoms with Crippen LogP contribution in [0, 0.1) is 5.82 Å². The first kappa shape index (κ1) is 12.1. The van der Waals surface area contributed by atoms with Crippen molar-refractivity contribution >= 4 is 16.8 Å². The molecule has 98 valence electrons. The Labute approximate surface area is 110 Å². The Morgan fingerprint density at radius 3 is 2.79 bits per heavy atom. The summed E-state index contributed by atoms with van der Waals surface area (Å²) in [6.07, 6.45) is 4.44. The van der Waals surface area contributed by atoms with E-state index in [2.05, 4.69) is 10.3 Å². The minimum atomic E-state index is -0.294. The number of nitrogens with zero attached hydrogens (tertiary/aromatic N) is 1. The summed E-state index contributed by atoms with van der Waals surface area (Å²) in [5.74, 6) is -0.435. The second kappa shape index (κ2) is 4.96. The second-order valence-corrected chi connectivity index (χ2v) is 4.99. The fourth-order valence-corrected chi connectivity index (χ4v) is 2.55. The van der Waals surface area contributed by atoms with Crippen LogP contribution in [0.5, 0.6) is 0 Å². The minimum Gasteiger partial charge on any atom is -0.348 e. The molecule has 3 rings (SSSR count). The van der Waals surface area contributed by atoms with Crippen molar-refractivity contribution in [2.24, 2.45) is 0 Å². The summed E-state index contributed by atoms with van der Waals surface area (Å²) < 4.78 is 13.1. The molecule has 0 saturated heterocycles. The van der Waals surface area contributed by atoms with E-state index in [1.54, 1.807) is 18.2 Å². The van der Waals surface area contributed by atoms with Gasteiger partial charge in [0.15, 0.2) is 0 Å². The predicted octanol–water partition coefficient (Wildman–Crippen LogP) is 3.05. The maximum Gasteiger partial charge on any atom is 0.270 e. The van der Waals surface area contributed by atoms with Crippen LogP contribution in [-0.4, -0.2) is 16.9 Å². The Hall–Kier alpha value is -1.97. The summed E-state index contributed by atoms with van der Waals surface area (Å²) in [4.78, 5) is 16.3. The van der Waals surface area contributed by atoms with Gasteiger partial charge in [0, 0.05) is 11.4 Å². The zero-order valence-corrected chi connectivity index (χ0v) is 10.5. The van der Waals surface area contributed by atoms with Crippen molar-refractivity contribution in [3.05, 3.63) is 41.8 Å². The van der Waals surface area contributed by atoms with E-state index >= 15 is 0 Å². The molecule has 1 aliphatic rings. The average molecular weight is 258 g/mol. The van der Waals surface area contributed by atoms with Crippen molar-refractivity contribution in [1.29, 1.82) is 0 Å². The quantitative estimate of drug-likeness (QED) is 0.899. The molecule has 0 spiro atoms. The number of carbonyl (C=O) groups excluding carboxylic acids is 1. The highest BCUT2D eigenvalue weighted by Gasteiger charge is 2.18. The highest BCUT2D eigenvalue weighted by molar-refractivity contribution is 5.95. The molecule has 2 aromatic rings. The summed E-state index contributed by atoms with van der Waals surface area (Å²) >= 11 is 0. The summed E-state index contributed by atoms with van der Waals surface area (Å²) in [5.41, 5.74) is 1.03. The Balaban J connectivity index is 1.83. The van der Waals surface area contributed by atoms with Gasteiger partial charge >= 0.3 is 0 Å². The van der Waals surface area contributed by atoms with Crippen molar-refractivity contribution in [3.8, 4) is 0 Å². The second-order valence-electron chi connectivity index (χ2n) is 4.99. The molecule has 1 aromatic carbocycles. The van der Waals surface area contributed by atoms with Gasteiger partial charge in [-0.05, 0) is 37.1 Å². The smallest absolute Gasteiger partial charge is 0.270 e. The maximum atomic E-state index is 13.1. The molecule has 3 nitrogen and oxygen atoms in total. The van der Waals surface area contributed by atoms with E-state index in [-0.39, 0.29) is 17.8 Å². The lowest BCUT2D eigenvalue weighted by Gasteiger charge is -2.11. The molecule has 0 unspecified atom stereocenters. The number of halogens is 1. The van der Waals surface area contributed by atoms with Crippen molar-refractivity contribution in [3.63, 3.8) is 0 Å². The van der Waals surface area contributed by atoms with Gasteiger partial charge in [-0.15, -0.1) is 0 Å². The molecule has 4 heteroatoms. The molecule has 1 amide bonds. The summed E-state index contributed by atoms with van der Waals surface area (Å²) in [6.45, 7) is 0. The van der Waals surface area contributed by atoms with Gasteiger partial charge in [0.1, 0.15) is 11.5 Å². The lowest BCUT2D eigenvalue weighted by Crippen LogP contribution is -2.33. The monoisotopic (exact) mass is 258 g/mol. The number of nitrogens with one attached hydrogen (secondary N) is 1. The molecule has 1 saturated carbocycles. The minimum absolute atomic E-state index is 0.141. The zero-order chi connectivity index (χ0) is 13.2. The number of hydrogen-bond acceptors (Lipinski definition) is 2. The van der Waals surface area contributed by atoms with Crippen LogP contribution in [0.4, 0.5) is 4.39 Å². The van der Waals surface area contributed by atoms with Gasteiger partial charge in [-0.2, -0.15) is 0 Å². The van der Waals surface area contributed by atoms with Gasteiger partial charge in [0.25, 0.3) is 5.91 Å². The summed E-state index contributed by atoms with van der Waals surface area (Å²) in [6, 6.07) is 8.02. The van der Waals surface area contributed by atoms with Crippen molar-refractivity contribution in [2.75, 3.05) is 0 Å². The van der Waals surface area contributed by atoms with Gasteiger partial charge < -0.3 is 5.32 Å². The number of aromatic nitrogens is 1. The third kappa shape index (κ3) is 2.57. The molecule has 1 heterocycles. The molecule has 0 radical (unpaired) electrons. The summed E-state index contributed by atoms with van der Waals surface area (Å²) in [5, 5.41) is 3.70. The Kier molecular flexibility index (Phi) is 3.15. The van der Waals surface area contributed by atoms with E-state index in [9.17, 15) is 9.18 Å². The van der Waals surface area contributed by atoms with Crippen LogP contribution in [-0.2, 0) is 0 Å². The van der Waals surface area contributed by atoms with E-state index < -0.39 is 0 Å². The van der Waals surface area contributed by atoms with Gasteiger partial charge in [0.2, 0.25) is 0 Å². The number of carbonyl (C=O) groups is 1. The Morgan fingerprint density at radius 2 is 2.00 bits per heavy atom. The Morgan fingerprint density at radius 1 is 1.21 bits per heavy atom. The van der Waals surface area contributed by atoms with Crippen LogP contribution < -0.4 is 5.32 Å². The van der Waals surface area contributed by atoms with E-state index in [1.165, 1.54) is 25.0 Å². The molecule has 19 heavy (non-hydrogen) atoms. The number of rotatable bonds is 2. The molecule has 0 aliphatic heterocycles. The summed E-state index contributed by atoms with van der Waals surface area (Å²) in [7, 11) is 0. The van der Waals surface area contributed by atoms with Crippen LogP contribution in [0.25, 0.3) is 10.9 Å². The average Bonchev–Trinajstić information content (AvgIpc) is 2.91. The van der Waals surface area contributed by atoms with E-state index in [0.29, 0.717) is 16.6 Å². The predicted molar refractivity (Wildman–Crippen MR) is 71.4 cm³/mol. The highest BCUT2D eigenvalue weighted by Crippen LogP contribution is 2.18. The molecule has 1 aliphatic carbocycles. The first-order valence-corrected chi connectivity index (χ1v) is 6.59. The first-order chi connectivity index (χ1) is 9.22. The molecule has 0 atom stereocenters. The highest BCUT2D eigenvalue weighted by atomic mass is 19.1. The molecule has 0 bridgehead atoms. The van der Waals surface area contributed by atoms with Gasteiger partial charge in [-0.1, -0.05) is 18.9 Å². The third-order valence-electron chi connectivity index (χ3n) is 3.57. The standard InChI is InChI=1S/C15H15FN2O/c16-11-6-8-13-10(9-11)5-7-14(18-13)15(19)17-12-3-1-2-4-12/h5-9,12H,1-4H2,(H,17,19). The van der Waals surface area contributed by atoms with Gasteiger partial charge in [-0.3, -0.25) is 4.79 Å². The lowest BCUT2D eigenvalue weighted by atomic mass is 10.2. The number of hydrogen-bond donors (Lipinski definition) is 1. The number of fused-ring (bicyclic) bond motifs is 1. The molecular weight excluding hydrogens is 243 g/mol. The lowest BCUT2D eigenvalue weighted by molar-refractivity contribution is 0.0933. The Bertz CT molecular complexity index is 621. The fourth-order valence-electron chi connectivity index (χ4n) is 2.55. The van der Waals surface area contributed by atoms with Crippen LogP contribution in [0.15, 0.2) is 30.3 Å². The van der Waals surface area contributed by atoms with Crippen molar-refractivity contribution in [2.45, 2.75) is 31.7 Å². The SMILES string of the molecule is O=C(NC1CCCC1)c1ccc2cc(F)ccc2n1. The molecular formula is C15H15FN2O. The van der Waals surface area contributed by atoms with Crippen molar-refractivity contribution < 1.29 is 9.18 Å². The van der Waals surface area contributed by atoms with Crippen LogP contribution in [0.2, 0.25) is 0 Å². The largest absolute Gasteiger partial charge is 0.348 e. The fraction of sp³-hybridized carbons (Fsp3) is 0.333.